The van der Waals surface area contributed by atoms with Crippen molar-refractivity contribution in [3.8, 4) is 0 Å². The van der Waals surface area contributed by atoms with Crippen LogP contribution in [0.1, 0.15) is 39.2 Å². The lowest BCUT2D eigenvalue weighted by molar-refractivity contribution is -0.129. The quantitative estimate of drug-likeness (QED) is 0.490. The number of carbonyl (C=O) groups is 3. The number of piperidine rings is 1. The number of thioether (sulfide) groups is 1. The zero-order valence-electron chi connectivity index (χ0n) is 18.8. The van der Waals surface area contributed by atoms with E-state index >= 15 is 0 Å². The summed E-state index contributed by atoms with van der Waals surface area (Å²) in [6.45, 7) is 7.06. The first-order chi connectivity index (χ1) is 14.7. The van der Waals surface area contributed by atoms with Crippen LogP contribution in [0.15, 0.2) is 30.3 Å². The summed E-state index contributed by atoms with van der Waals surface area (Å²) in [4.78, 5) is 39.2. The second kappa shape index (κ2) is 12.4. The van der Waals surface area contributed by atoms with Crippen molar-refractivity contribution in [3.63, 3.8) is 0 Å². The van der Waals surface area contributed by atoms with Crippen LogP contribution in [0.3, 0.4) is 0 Å². The van der Waals surface area contributed by atoms with E-state index < -0.39 is 6.04 Å². The summed E-state index contributed by atoms with van der Waals surface area (Å²) >= 11 is 6.35. The fourth-order valence-corrected chi connectivity index (χ4v) is 5.89. The van der Waals surface area contributed by atoms with Gasteiger partial charge in [-0.25, -0.2) is 0 Å². The predicted molar refractivity (Wildman–Crippen MR) is 130 cm³/mol. The lowest BCUT2D eigenvalue weighted by Crippen LogP contribution is -2.51. The van der Waals surface area contributed by atoms with Gasteiger partial charge in [-0.2, -0.15) is 12.6 Å². The summed E-state index contributed by atoms with van der Waals surface area (Å²) in [6, 6.07) is 9.07. The zero-order valence-corrected chi connectivity index (χ0v) is 20.5. The molecule has 2 N–H and O–H groups in total. The van der Waals surface area contributed by atoms with Gasteiger partial charge >= 0.3 is 0 Å². The van der Waals surface area contributed by atoms with Gasteiger partial charge in [0.25, 0.3) is 0 Å². The van der Waals surface area contributed by atoms with Crippen molar-refractivity contribution in [2.45, 2.75) is 61.8 Å². The Morgan fingerprint density at radius 1 is 1.19 bits per heavy atom. The monoisotopic (exact) mass is 465 g/mol. The van der Waals surface area contributed by atoms with E-state index in [4.69, 9.17) is 12.6 Å². The third-order valence-corrected chi connectivity index (χ3v) is 7.82. The van der Waals surface area contributed by atoms with Crippen LogP contribution < -0.4 is 10.6 Å². The average Bonchev–Trinajstić information content (AvgIpc) is 2.73. The van der Waals surface area contributed by atoms with E-state index in [1.54, 1.807) is 25.7 Å². The second-order valence-electron chi connectivity index (χ2n) is 8.48. The number of rotatable bonds is 9. The number of thiol groups is 1. The minimum Gasteiger partial charge on any atom is -0.357 e. The maximum Gasteiger partial charge on any atom is 0.242 e. The molecular formula is C23H35N3O3S2. The van der Waals surface area contributed by atoms with Crippen LogP contribution in [-0.4, -0.2) is 64.6 Å². The lowest BCUT2D eigenvalue weighted by atomic mass is 10.0. The van der Waals surface area contributed by atoms with Gasteiger partial charge in [0.1, 0.15) is 6.04 Å². The molecule has 1 aliphatic rings. The van der Waals surface area contributed by atoms with Crippen LogP contribution in [0.25, 0.3) is 0 Å². The zero-order chi connectivity index (χ0) is 23.0. The van der Waals surface area contributed by atoms with Gasteiger partial charge in [-0.15, -0.1) is 11.8 Å². The third-order valence-electron chi connectivity index (χ3n) is 5.44. The smallest absolute Gasteiger partial charge is 0.242 e. The highest BCUT2D eigenvalue weighted by atomic mass is 32.2. The van der Waals surface area contributed by atoms with Gasteiger partial charge in [-0.1, -0.05) is 44.2 Å². The summed E-state index contributed by atoms with van der Waals surface area (Å²) in [6.07, 6.45) is 1.97. The minimum absolute atomic E-state index is 0.0177. The molecule has 1 heterocycles. The fraction of sp³-hybridized carbons (Fsp3) is 0.609. The molecule has 6 nitrogen and oxygen atoms in total. The highest BCUT2D eigenvalue weighted by Crippen LogP contribution is 2.33. The Morgan fingerprint density at radius 2 is 1.87 bits per heavy atom. The average molecular weight is 466 g/mol. The molecule has 2 rings (SSSR count). The number of carbonyl (C=O) groups excluding carboxylic acids is 3. The number of amides is 3. The Labute approximate surface area is 195 Å². The summed E-state index contributed by atoms with van der Waals surface area (Å²) < 4.78 is 0. The lowest BCUT2D eigenvalue weighted by Gasteiger charge is -2.37. The summed E-state index contributed by atoms with van der Waals surface area (Å²) in [5, 5.41) is 5.58. The van der Waals surface area contributed by atoms with E-state index in [1.165, 1.54) is 0 Å². The number of hydrogen-bond acceptors (Lipinski definition) is 5. The topological polar surface area (TPSA) is 78.5 Å². The van der Waals surface area contributed by atoms with Gasteiger partial charge in [0.05, 0.1) is 5.25 Å². The maximum absolute atomic E-state index is 13.3. The Bertz CT molecular complexity index is 745. The number of benzene rings is 1. The van der Waals surface area contributed by atoms with E-state index in [-0.39, 0.29) is 33.5 Å². The maximum atomic E-state index is 13.3. The van der Waals surface area contributed by atoms with Crippen molar-refractivity contribution in [3.05, 3.63) is 35.9 Å². The van der Waals surface area contributed by atoms with Crippen LogP contribution in [-0.2, 0) is 20.8 Å². The van der Waals surface area contributed by atoms with Gasteiger partial charge in [0.2, 0.25) is 17.7 Å². The van der Waals surface area contributed by atoms with E-state index in [2.05, 4.69) is 24.5 Å². The second-order valence-corrected chi connectivity index (χ2v) is 10.6. The molecule has 0 aromatic heterocycles. The number of likely N-dealkylation sites (tertiary alicyclic amines) is 1. The molecule has 1 aromatic rings. The summed E-state index contributed by atoms with van der Waals surface area (Å²) in [7, 11) is 1.58. The molecule has 0 saturated carbocycles. The predicted octanol–water partition coefficient (Wildman–Crippen LogP) is 2.53. The molecule has 0 radical (unpaired) electrons. The Hall–Kier alpha value is -1.67. The van der Waals surface area contributed by atoms with E-state index in [1.807, 2.05) is 35.2 Å². The van der Waals surface area contributed by atoms with E-state index in [0.717, 1.165) is 18.4 Å². The van der Waals surface area contributed by atoms with Gasteiger partial charge in [-0.05, 0) is 24.3 Å². The molecule has 1 aliphatic heterocycles. The number of nitrogens with one attached hydrogen (secondary N) is 2. The fourth-order valence-electron chi connectivity index (χ4n) is 3.72. The molecule has 0 spiro atoms. The Balaban J connectivity index is 2.08. The summed E-state index contributed by atoms with van der Waals surface area (Å²) in [5.74, 6) is 0.0879. The third kappa shape index (κ3) is 8.07. The normalized spacial score (nSPS) is 20.8. The number of likely N-dealkylation sites (N-methyl/N-ethyl adjacent to an activating group) is 1. The van der Waals surface area contributed by atoms with Crippen molar-refractivity contribution >= 4 is 42.1 Å². The molecule has 1 fully saturated rings. The van der Waals surface area contributed by atoms with Crippen LogP contribution >= 0.6 is 24.4 Å². The molecule has 172 valence electrons. The molecule has 4 atom stereocenters. The molecule has 0 bridgehead atoms. The van der Waals surface area contributed by atoms with Crippen LogP contribution in [0.4, 0.5) is 0 Å². The van der Waals surface area contributed by atoms with Crippen molar-refractivity contribution < 1.29 is 14.4 Å². The van der Waals surface area contributed by atoms with Gasteiger partial charge in [0, 0.05) is 44.0 Å². The molecule has 3 amide bonds. The molecule has 1 aromatic carbocycles. The first-order valence-corrected chi connectivity index (χ1v) is 12.3. The van der Waals surface area contributed by atoms with Gasteiger partial charge < -0.3 is 15.5 Å². The van der Waals surface area contributed by atoms with Crippen LogP contribution in [0, 0.1) is 5.92 Å². The van der Waals surface area contributed by atoms with Crippen molar-refractivity contribution in [1.29, 1.82) is 0 Å². The molecule has 0 aliphatic carbocycles. The number of hydrogen-bond donors (Lipinski definition) is 3. The van der Waals surface area contributed by atoms with Gasteiger partial charge in [-0.3, -0.25) is 14.4 Å². The Morgan fingerprint density at radius 3 is 2.42 bits per heavy atom. The van der Waals surface area contributed by atoms with Crippen molar-refractivity contribution in [2.24, 2.45) is 5.92 Å². The summed E-state index contributed by atoms with van der Waals surface area (Å²) in [5.41, 5.74) is 0.997. The first kappa shape index (κ1) is 25.6. The Kier molecular flexibility index (Phi) is 10.2. The van der Waals surface area contributed by atoms with Crippen molar-refractivity contribution in [1.82, 2.24) is 15.5 Å². The standard InChI is InChI=1S/C23H35N3O3S2/c1-15(2)12-21(31-20-10-11-26(16(3)27)14-19(20)30)23(29)25-18(22(28)24-4)13-17-8-6-5-7-9-17/h5-9,15,18-21,30H,10-14H2,1-4H3,(H,24,28)(H,25,29)/t18-,19?,20+,21+/m0/s1. The highest BCUT2D eigenvalue weighted by molar-refractivity contribution is 8.02. The van der Waals surface area contributed by atoms with Crippen LogP contribution in [0.5, 0.6) is 0 Å². The minimum atomic E-state index is -0.624. The SMILES string of the molecule is CNC(=O)[C@H](Cc1ccccc1)NC(=O)[C@@H](CC(C)C)S[C@@H]1CCN(C(C)=O)CC1S. The molecule has 1 saturated heterocycles. The molecule has 31 heavy (non-hydrogen) atoms. The largest absolute Gasteiger partial charge is 0.357 e. The highest BCUT2D eigenvalue weighted by Gasteiger charge is 2.34. The van der Waals surface area contributed by atoms with E-state index in [0.29, 0.717) is 25.4 Å². The van der Waals surface area contributed by atoms with Crippen molar-refractivity contribution in [2.75, 3.05) is 20.1 Å². The molecular weight excluding hydrogens is 430 g/mol. The van der Waals surface area contributed by atoms with Crippen LogP contribution in [0.2, 0.25) is 0 Å². The number of nitrogens with zero attached hydrogens (tertiary/aromatic N) is 1. The first-order valence-electron chi connectivity index (χ1n) is 10.9. The van der Waals surface area contributed by atoms with Gasteiger partial charge in [0.15, 0.2) is 0 Å². The van der Waals surface area contributed by atoms with E-state index in [9.17, 15) is 14.4 Å². The molecule has 1 unspecified atom stereocenters. The molecule has 8 heteroatoms.